The van der Waals surface area contributed by atoms with E-state index in [1.807, 2.05) is 42.8 Å². The summed E-state index contributed by atoms with van der Waals surface area (Å²) in [5, 5.41) is 11.6. The molecule has 0 spiro atoms. The van der Waals surface area contributed by atoms with E-state index < -0.39 is 5.82 Å². The maximum Gasteiger partial charge on any atom is 0.234 e. The van der Waals surface area contributed by atoms with Gasteiger partial charge in [0.1, 0.15) is 5.82 Å². The molecule has 5 nitrogen and oxygen atoms in total. The number of halogens is 2. The number of carbonyl (C=O) groups excluding carboxylic acids is 1. The maximum absolute atomic E-state index is 13.2. The Morgan fingerprint density at radius 2 is 2.08 bits per heavy atom. The highest BCUT2D eigenvalue weighted by atomic mass is 35.5. The predicted octanol–water partition coefficient (Wildman–Crippen LogP) is 4.31. The zero-order chi connectivity index (χ0) is 18.7. The first-order valence-corrected chi connectivity index (χ1v) is 9.14. The lowest BCUT2D eigenvalue weighted by Gasteiger charge is -2.06. The number of aryl methyl sites for hydroxylation is 1. The Morgan fingerprint density at radius 1 is 1.27 bits per heavy atom. The van der Waals surface area contributed by atoms with Crippen LogP contribution < -0.4 is 5.32 Å². The molecule has 0 radical (unpaired) electrons. The summed E-state index contributed by atoms with van der Waals surface area (Å²) in [4.78, 5) is 12.1. The number of hydrogen-bond acceptors (Lipinski definition) is 4. The molecule has 3 aromatic rings. The minimum atomic E-state index is -0.526. The van der Waals surface area contributed by atoms with E-state index >= 15 is 0 Å². The van der Waals surface area contributed by atoms with E-state index in [0.717, 1.165) is 17.0 Å². The molecule has 0 aliphatic heterocycles. The Labute approximate surface area is 159 Å². The van der Waals surface area contributed by atoms with E-state index in [0.29, 0.717) is 10.8 Å². The normalized spacial score (nSPS) is 10.8. The Hall–Kier alpha value is -2.38. The molecular weight excluding hydrogens is 375 g/mol. The topological polar surface area (TPSA) is 59.8 Å². The molecule has 0 saturated carbocycles. The largest absolute Gasteiger partial charge is 0.325 e. The van der Waals surface area contributed by atoms with Gasteiger partial charge in [0.15, 0.2) is 11.0 Å². The van der Waals surface area contributed by atoms with Gasteiger partial charge in [-0.2, -0.15) is 0 Å². The standard InChI is InChI=1S/C18H16ClFN4OS/c1-11-4-3-5-12(8-11)17-22-23-18(24(17)2)26-10-16(25)21-13-6-7-15(20)14(19)9-13/h3-9H,10H2,1-2H3,(H,21,25). The number of aromatic nitrogens is 3. The molecule has 0 aliphatic rings. The molecule has 3 rings (SSSR count). The van der Waals surface area contributed by atoms with E-state index in [1.54, 1.807) is 0 Å². The molecule has 1 aromatic heterocycles. The summed E-state index contributed by atoms with van der Waals surface area (Å²) in [6, 6.07) is 12.0. The van der Waals surface area contributed by atoms with E-state index in [1.165, 1.54) is 30.0 Å². The van der Waals surface area contributed by atoms with Crippen LogP contribution in [0.4, 0.5) is 10.1 Å². The van der Waals surface area contributed by atoms with Gasteiger partial charge in [-0.3, -0.25) is 4.79 Å². The molecule has 2 aromatic carbocycles. The van der Waals surface area contributed by atoms with Crippen molar-refractivity contribution in [3.05, 3.63) is 58.9 Å². The molecule has 0 unspecified atom stereocenters. The van der Waals surface area contributed by atoms with Gasteiger partial charge >= 0.3 is 0 Å². The van der Waals surface area contributed by atoms with Crippen molar-refractivity contribution in [3.63, 3.8) is 0 Å². The second kappa shape index (κ2) is 7.88. The van der Waals surface area contributed by atoms with Crippen LogP contribution in [0.25, 0.3) is 11.4 Å². The third kappa shape index (κ3) is 4.23. The summed E-state index contributed by atoms with van der Waals surface area (Å²) in [6.45, 7) is 2.02. The molecule has 134 valence electrons. The number of nitrogens with zero attached hydrogens (tertiary/aromatic N) is 3. The number of thioether (sulfide) groups is 1. The van der Waals surface area contributed by atoms with E-state index in [2.05, 4.69) is 15.5 Å². The molecule has 1 heterocycles. The van der Waals surface area contributed by atoms with Crippen LogP contribution in [0.15, 0.2) is 47.6 Å². The van der Waals surface area contributed by atoms with Gasteiger partial charge in [-0.1, -0.05) is 47.1 Å². The Morgan fingerprint density at radius 3 is 2.81 bits per heavy atom. The highest BCUT2D eigenvalue weighted by molar-refractivity contribution is 7.99. The number of nitrogens with one attached hydrogen (secondary N) is 1. The average molecular weight is 391 g/mol. The fourth-order valence-corrected chi connectivity index (χ4v) is 3.27. The third-order valence-corrected chi connectivity index (χ3v) is 4.96. The van der Waals surface area contributed by atoms with Crippen molar-refractivity contribution in [1.82, 2.24) is 14.8 Å². The van der Waals surface area contributed by atoms with Crippen LogP contribution in [0.3, 0.4) is 0 Å². The lowest BCUT2D eigenvalue weighted by atomic mass is 10.1. The van der Waals surface area contributed by atoms with Gasteiger partial charge in [0.2, 0.25) is 5.91 Å². The SMILES string of the molecule is Cc1cccc(-c2nnc(SCC(=O)Nc3ccc(F)c(Cl)c3)n2C)c1. The Balaban J connectivity index is 1.64. The van der Waals surface area contributed by atoms with Crippen LogP contribution in [0.1, 0.15) is 5.56 Å². The van der Waals surface area contributed by atoms with Crippen molar-refractivity contribution in [3.8, 4) is 11.4 Å². The van der Waals surface area contributed by atoms with Crippen molar-refractivity contribution in [2.24, 2.45) is 7.05 Å². The third-order valence-electron chi connectivity index (χ3n) is 3.65. The lowest BCUT2D eigenvalue weighted by Crippen LogP contribution is -2.14. The molecule has 0 aliphatic carbocycles. The Kier molecular flexibility index (Phi) is 5.58. The molecule has 1 amide bonds. The average Bonchev–Trinajstić information content (AvgIpc) is 2.97. The monoisotopic (exact) mass is 390 g/mol. The first-order valence-electron chi connectivity index (χ1n) is 7.78. The van der Waals surface area contributed by atoms with Gasteiger partial charge in [-0.15, -0.1) is 10.2 Å². The number of anilines is 1. The van der Waals surface area contributed by atoms with Crippen LogP contribution in [-0.2, 0) is 11.8 Å². The minimum absolute atomic E-state index is 0.0356. The van der Waals surface area contributed by atoms with Crippen molar-refractivity contribution >= 4 is 35.0 Å². The first-order chi connectivity index (χ1) is 12.4. The summed E-state index contributed by atoms with van der Waals surface area (Å²) in [5.74, 6) is 0.121. The van der Waals surface area contributed by atoms with Crippen LogP contribution in [0, 0.1) is 12.7 Å². The van der Waals surface area contributed by atoms with Crippen LogP contribution in [0.2, 0.25) is 5.02 Å². The predicted molar refractivity (Wildman–Crippen MR) is 102 cm³/mol. The van der Waals surface area contributed by atoms with Gasteiger partial charge in [-0.25, -0.2) is 4.39 Å². The second-order valence-corrected chi connectivity index (χ2v) is 7.05. The molecule has 0 bridgehead atoms. The fourth-order valence-electron chi connectivity index (χ4n) is 2.38. The van der Waals surface area contributed by atoms with Crippen molar-refractivity contribution in [2.75, 3.05) is 11.1 Å². The number of hydrogen-bond donors (Lipinski definition) is 1. The highest BCUT2D eigenvalue weighted by Gasteiger charge is 2.13. The molecule has 26 heavy (non-hydrogen) atoms. The van der Waals surface area contributed by atoms with Gasteiger partial charge in [0.25, 0.3) is 0 Å². The maximum atomic E-state index is 13.2. The van der Waals surface area contributed by atoms with Crippen LogP contribution >= 0.6 is 23.4 Å². The molecule has 0 saturated heterocycles. The van der Waals surface area contributed by atoms with Crippen LogP contribution in [-0.4, -0.2) is 26.4 Å². The van der Waals surface area contributed by atoms with Gasteiger partial charge in [-0.05, 0) is 31.2 Å². The summed E-state index contributed by atoms with van der Waals surface area (Å²) in [7, 11) is 1.86. The number of carbonyl (C=O) groups is 1. The molecule has 0 atom stereocenters. The zero-order valence-electron chi connectivity index (χ0n) is 14.2. The molecular formula is C18H16ClFN4OS. The summed E-state index contributed by atoms with van der Waals surface area (Å²) < 4.78 is 15.0. The summed E-state index contributed by atoms with van der Waals surface area (Å²) in [5.41, 5.74) is 2.55. The van der Waals surface area contributed by atoms with Crippen molar-refractivity contribution < 1.29 is 9.18 Å². The quantitative estimate of drug-likeness (QED) is 0.659. The van der Waals surface area contributed by atoms with Crippen LogP contribution in [0.5, 0.6) is 0 Å². The number of benzene rings is 2. The smallest absolute Gasteiger partial charge is 0.234 e. The van der Waals surface area contributed by atoms with E-state index in [-0.39, 0.29) is 16.7 Å². The molecule has 1 N–H and O–H groups in total. The van der Waals surface area contributed by atoms with E-state index in [9.17, 15) is 9.18 Å². The lowest BCUT2D eigenvalue weighted by molar-refractivity contribution is -0.113. The summed E-state index contributed by atoms with van der Waals surface area (Å²) >= 11 is 6.98. The van der Waals surface area contributed by atoms with Gasteiger partial charge < -0.3 is 9.88 Å². The number of amides is 1. The van der Waals surface area contributed by atoms with Crippen molar-refractivity contribution in [1.29, 1.82) is 0 Å². The molecule has 8 heteroatoms. The van der Waals surface area contributed by atoms with E-state index in [4.69, 9.17) is 11.6 Å². The fraction of sp³-hybridized carbons (Fsp3) is 0.167. The zero-order valence-corrected chi connectivity index (χ0v) is 15.7. The van der Waals surface area contributed by atoms with Gasteiger partial charge in [0, 0.05) is 18.3 Å². The Bertz CT molecular complexity index is 960. The first kappa shape index (κ1) is 18.4. The second-order valence-electron chi connectivity index (χ2n) is 5.70. The minimum Gasteiger partial charge on any atom is -0.325 e. The number of rotatable bonds is 5. The summed E-state index contributed by atoms with van der Waals surface area (Å²) in [6.07, 6.45) is 0. The molecule has 0 fully saturated rings. The highest BCUT2D eigenvalue weighted by Crippen LogP contribution is 2.24. The van der Waals surface area contributed by atoms with Crippen molar-refractivity contribution in [2.45, 2.75) is 12.1 Å². The van der Waals surface area contributed by atoms with Gasteiger partial charge in [0.05, 0.1) is 10.8 Å².